The van der Waals surface area contributed by atoms with Crippen LogP contribution in [0.2, 0.25) is 0 Å². The zero-order valence-electron chi connectivity index (χ0n) is 18.2. The van der Waals surface area contributed by atoms with E-state index < -0.39 is 5.97 Å². The van der Waals surface area contributed by atoms with Gasteiger partial charge >= 0.3 is 5.97 Å². The summed E-state index contributed by atoms with van der Waals surface area (Å²) < 4.78 is 4.65. The molecule has 1 saturated heterocycles. The molecule has 2 N–H and O–H groups in total. The lowest BCUT2D eigenvalue weighted by molar-refractivity contribution is -0.128. The molecule has 168 valence electrons. The molecule has 3 amide bonds. The quantitative estimate of drug-likeness (QED) is 0.617. The summed E-state index contributed by atoms with van der Waals surface area (Å²) in [5.74, 6) is -1.31. The Hall–Kier alpha value is -3.68. The normalized spacial score (nSPS) is 15.4. The number of rotatable bonds is 8. The monoisotopic (exact) mass is 437 g/mol. The molecule has 1 unspecified atom stereocenters. The molecule has 1 heterocycles. The topological polar surface area (TPSA) is 105 Å². The first-order chi connectivity index (χ1) is 15.4. The predicted molar refractivity (Wildman–Crippen MR) is 120 cm³/mol. The van der Waals surface area contributed by atoms with Crippen molar-refractivity contribution in [1.29, 1.82) is 0 Å². The Bertz CT molecular complexity index is 986. The van der Waals surface area contributed by atoms with Crippen molar-refractivity contribution in [1.82, 2.24) is 4.90 Å². The molecule has 0 spiro atoms. The van der Waals surface area contributed by atoms with Gasteiger partial charge in [0.05, 0.1) is 18.6 Å². The van der Waals surface area contributed by atoms with E-state index in [9.17, 15) is 19.2 Å². The van der Waals surface area contributed by atoms with E-state index in [2.05, 4.69) is 22.3 Å². The number of hydrogen-bond acceptors (Lipinski definition) is 5. The molecule has 1 aliphatic heterocycles. The van der Waals surface area contributed by atoms with Crippen molar-refractivity contribution in [2.45, 2.75) is 26.2 Å². The summed E-state index contributed by atoms with van der Waals surface area (Å²) >= 11 is 0. The maximum absolute atomic E-state index is 12.5. The van der Waals surface area contributed by atoms with Crippen LogP contribution in [0.5, 0.6) is 0 Å². The van der Waals surface area contributed by atoms with Gasteiger partial charge in [0.2, 0.25) is 11.8 Å². The highest BCUT2D eigenvalue weighted by atomic mass is 16.5. The number of hydrogen-bond donors (Lipinski definition) is 2. The molecular formula is C24H27N3O5. The third-order valence-corrected chi connectivity index (χ3v) is 5.35. The van der Waals surface area contributed by atoms with Gasteiger partial charge in [-0.15, -0.1) is 0 Å². The number of methoxy groups -OCH3 is 1. The molecule has 2 aromatic carbocycles. The van der Waals surface area contributed by atoms with Gasteiger partial charge < -0.3 is 20.3 Å². The summed E-state index contributed by atoms with van der Waals surface area (Å²) in [5.41, 5.74) is 1.91. The number of nitrogens with one attached hydrogen (secondary N) is 2. The smallest absolute Gasteiger partial charge is 0.337 e. The van der Waals surface area contributed by atoms with Crippen LogP contribution in [0.25, 0.3) is 0 Å². The highest BCUT2D eigenvalue weighted by molar-refractivity contribution is 6.05. The second kappa shape index (κ2) is 10.6. The van der Waals surface area contributed by atoms with E-state index in [1.54, 1.807) is 53.4 Å². The number of esters is 1. The minimum atomic E-state index is -0.448. The van der Waals surface area contributed by atoms with Crippen molar-refractivity contribution in [3.8, 4) is 0 Å². The van der Waals surface area contributed by atoms with E-state index in [1.807, 2.05) is 0 Å². The zero-order chi connectivity index (χ0) is 23.1. The molecule has 0 radical (unpaired) electrons. The SMILES string of the molecule is CCCCN1CC(C(=O)Nc2ccc(C(=O)Nc3ccc(C(=O)OC)cc3)cc2)CC1=O. The van der Waals surface area contributed by atoms with Crippen LogP contribution in [0.1, 0.15) is 46.9 Å². The molecule has 1 fully saturated rings. The average Bonchev–Trinajstić information content (AvgIpc) is 3.18. The van der Waals surface area contributed by atoms with E-state index in [4.69, 9.17) is 0 Å². The number of ether oxygens (including phenoxy) is 1. The summed E-state index contributed by atoms with van der Waals surface area (Å²) in [5, 5.41) is 5.58. The Labute approximate surface area is 186 Å². The minimum absolute atomic E-state index is 0.0187. The molecule has 0 saturated carbocycles. The van der Waals surface area contributed by atoms with Crippen LogP contribution < -0.4 is 10.6 Å². The fraction of sp³-hybridized carbons (Fsp3) is 0.333. The molecule has 32 heavy (non-hydrogen) atoms. The number of carbonyl (C=O) groups excluding carboxylic acids is 4. The first-order valence-electron chi connectivity index (χ1n) is 10.6. The Balaban J connectivity index is 1.54. The van der Waals surface area contributed by atoms with Crippen molar-refractivity contribution in [2.75, 3.05) is 30.8 Å². The van der Waals surface area contributed by atoms with Gasteiger partial charge in [0.25, 0.3) is 5.91 Å². The van der Waals surface area contributed by atoms with Crippen LogP contribution in [0, 0.1) is 5.92 Å². The van der Waals surface area contributed by atoms with E-state index in [-0.39, 0.29) is 30.1 Å². The van der Waals surface area contributed by atoms with Gasteiger partial charge in [-0.25, -0.2) is 4.79 Å². The van der Waals surface area contributed by atoms with Gasteiger partial charge in [-0.3, -0.25) is 14.4 Å². The molecule has 2 aromatic rings. The fourth-order valence-electron chi connectivity index (χ4n) is 3.47. The summed E-state index contributed by atoms with van der Waals surface area (Å²) in [7, 11) is 1.31. The Morgan fingerprint density at radius 2 is 1.56 bits per heavy atom. The fourth-order valence-corrected chi connectivity index (χ4v) is 3.47. The summed E-state index contributed by atoms with van der Waals surface area (Å²) in [6.45, 7) is 3.20. The van der Waals surface area contributed by atoms with Gasteiger partial charge in [-0.05, 0) is 55.0 Å². The van der Waals surface area contributed by atoms with Crippen LogP contribution in [0.4, 0.5) is 11.4 Å². The maximum atomic E-state index is 12.5. The van der Waals surface area contributed by atoms with E-state index in [1.165, 1.54) is 7.11 Å². The van der Waals surface area contributed by atoms with Crippen molar-refractivity contribution >= 4 is 35.1 Å². The van der Waals surface area contributed by atoms with E-state index in [0.29, 0.717) is 35.6 Å². The molecule has 8 heteroatoms. The summed E-state index contributed by atoms with van der Waals surface area (Å²) in [6.07, 6.45) is 2.16. The van der Waals surface area contributed by atoms with Crippen LogP contribution in [-0.2, 0) is 14.3 Å². The van der Waals surface area contributed by atoms with Crippen LogP contribution in [0.15, 0.2) is 48.5 Å². The molecule has 1 atom stereocenters. The zero-order valence-corrected chi connectivity index (χ0v) is 18.2. The van der Waals surface area contributed by atoms with Crippen molar-refractivity contribution in [3.05, 3.63) is 59.7 Å². The number of carbonyl (C=O) groups is 4. The largest absolute Gasteiger partial charge is 0.465 e. The van der Waals surface area contributed by atoms with Crippen LogP contribution in [0.3, 0.4) is 0 Å². The number of benzene rings is 2. The Morgan fingerprint density at radius 1 is 0.969 bits per heavy atom. The third-order valence-electron chi connectivity index (χ3n) is 5.35. The molecule has 3 rings (SSSR count). The number of amides is 3. The maximum Gasteiger partial charge on any atom is 0.337 e. The van der Waals surface area contributed by atoms with Gasteiger partial charge in [-0.2, -0.15) is 0 Å². The lowest BCUT2D eigenvalue weighted by Gasteiger charge is -2.16. The van der Waals surface area contributed by atoms with E-state index >= 15 is 0 Å². The first-order valence-corrected chi connectivity index (χ1v) is 10.6. The lowest BCUT2D eigenvalue weighted by Crippen LogP contribution is -2.29. The van der Waals surface area contributed by atoms with E-state index in [0.717, 1.165) is 12.8 Å². The van der Waals surface area contributed by atoms with Gasteiger partial charge in [0.15, 0.2) is 0 Å². The van der Waals surface area contributed by atoms with Crippen LogP contribution in [-0.4, -0.2) is 48.8 Å². The second-order valence-electron chi connectivity index (χ2n) is 7.68. The minimum Gasteiger partial charge on any atom is -0.465 e. The summed E-state index contributed by atoms with van der Waals surface area (Å²) in [6, 6.07) is 12.9. The van der Waals surface area contributed by atoms with Gasteiger partial charge in [0.1, 0.15) is 0 Å². The molecule has 8 nitrogen and oxygen atoms in total. The number of anilines is 2. The summed E-state index contributed by atoms with van der Waals surface area (Å²) in [4.78, 5) is 50.3. The molecule has 0 bridgehead atoms. The molecular weight excluding hydrogens is 410 g/mol. The standard InChI is InChI=1S/C24H27N3O5/c1-3-4-13-27-15-18(14-21(27)28)23(30)26-19-9-5-16(6-10-19)22(29)25-20-11-7-17(8-12-20)24(31)32-2/h5-12,18H,3-4,13-15H2,1-2H3,(H,25,29)(H,26,30). The predicted octanol–water partition coefficient (Wildman–Crippen LogP) is 3.31. The van der Waals surface area contributed by atoms with Crippen LogP contribution >= 0.6 is 0 Å². The average molecular weight is 437 g/mol. The number of nitrogens with zero attached hydrogens (tertiary/aromatic N) is 1. The third kappa shape index (κ3) is 5.72. The molecule has 0 aliphatic carbocycles. The Morgan fingerprint density at radius 3 is 2.16 bits per heavy atom. The number of likely N-dealkylation sites (tertiary alicyclic amines) is 1. The molecule has 0 aromatic heterocycles. The van der Waals surface area contributed by atoms with Crippen molar-refractivity contribution < 1.29 is 23.9 Å². The van der Waals surface area contributed by atoms with Crippen molar-refractivity contribution in [3.63, 3.8) is 0 Å². The molecule has 1 aliphatic rings. The van der Waals surface area contributed by atoms with Gasteiger partial charge in [-0.1, -0.05) is 13.3 Å². The highest BCUT2D eigenvalue weighted by Crippen LogP contribution is 2.21. The van der Waals surface area contributed by atoms with Gasteiger partial charge in [0, 0.05) is 36.4 Å². The number of unbranched alkanes of at least 4 members (excludes halogenated alkanes) is 1. The van der Waals surface area contributed by atoms with Crippen molar-refractivity contribution in [2.24, 2.45) is 5.92 Å². The highest BCUT2D eigenvalue weighted by Gasteiger charge is 2.33. The lowest BCUT2D eigenvalue weighted by atomic mass is 10.1. The second-order valence-corrected chi connectivity index (χ2v) is 7.68. The Kier molecular flexibility index (Phi) is 7.59. The first kappa shape index (κ1) is 23.0.